The standard InChI is InChI=1S/C32H40FN3O4S/c1-24(2)22-34-32(38)30(21-26-14-6-5-7-15-26)35(23-27-16-9-8-13-25(27)3)31(37)19-12-20-36(41(4,39)40)29-18-11-10-17-28(29)33/h5-11,13-18,24,30H,12,19-23H2,1-4H3,(H,34,38)/t30-/m1/s1. The zero-order valence-electron chi connectivity index (χ0n) is 24.2. The Hall–Kier alpha value is -3.72. The number of anilines is 1. The first-order valence-corrected chi connectivity index (χ1v) is 15.7. The summed E-state index contributed by atoms with van der Waals surface area (Å²) in [4.78, 5) is 29.0. The maximum Gasteiger partial charge on any atom is 0.243 e. The van der Waals surface area contributed by atoms with Crippen LogP contribution in [0.25, 0.3) is 0 Å². The van der Waals surface area contributed by atoms with Crippen molar-refractivity contribution in [3.05, 3.63) is 101 Å². The molecule has 0 aliphatic rings. The molecule has 0 spiro atoms. The van der Waals surface area contributed by atoms with Crippen molar-refractivity contribution in [3.8, 4) is 0 Å². The van der Waals surface area contributed by atoms with Gasteiger partial charge in [-0.05, 0) is 48.1 Å². The number of para-hydroxylation sites is 1. The van der Waals surface area contributed by atoms with E-state index in [1.165, 1.54) is 18.2 Å². The number of carbonyl (C=O) groups is 2. The number of hydrogen-bond acceptors (Lipinski definition) is 4. The van der Waals surface area contributed by atoms with Crippen molar-refractivity contribution in [2.45, 2.75) is 52.6 Å². The van der Waals surface area contributed by atoms with Crippen LogP contribution < -0.4 is 9.62 Å². The smallest absolute Gasteiger partial charge is 0.243 e. The molecule has 7 nitrogen and oxygen atoms in total. The molecular formula is C32H40FN3O4S. The molecule has 0 heterocycles. The molecule has 1 N–H and O–H groups in total. The molecule has 220 valence electrons. The summed E-state index contributed by atoms with van der Waals surface area (Å²) in [6.07, 6.45) is 1.47. The minimum Gasteiger partial charge on any atom is -0.354 e. The summed E-state index contributed by atoms with van der Waals surface area (Å²) in [6, 6.07) is 22.1. The first-order chi connectivity index (χ1) is 19.5. The fourth-order valence-corrected chi connectivity index (χ4v) is 5.55. The van der Waals surface area contributed by atoms with Gasteiger partial charge in [0, 0.05) is 32.5 Å². The molecule has 0 unspecified atom stereocenters. The highest BCUT2D eigenvalue weighted by atomic mass is 32.2. The van der Waals surface area contributed by atoms with Crippen molar-refractivity contribution in [2.24, 2.45) is 5.92 Å². The number of hydrogen-bond donors (Lipinski definition) is 1. The third-order valence-electron chi connectivity index (χ3n) is 6.83. The molecule has 0 saturated carbocycles. The van der Waals surface area contributed by atoms with E-state index in [1.807, 2.05) is 75.4 Å². The van der Waals surface area contributed by atoms with Gasteiger partial charge in [0.05, 0.1) is 11.9 Å². The largest absolute Gasteiger partial charge is 0.354 e. The summed E-state index contributed by atoms with van der Waals surface area (Å²) >= 11 is 0. The van der Waals surface area contributed by atoms with E-state index in [4.69, 9.17) is 0 Å². The van der Waals surface area contributed by atoms with Crippen molar-refractivity contribution in [3.63, 3.8) is 0 Å². The number of sulfonamides is 1. The number of amides is 2. The minimum absolute atomic E-state index is 0.0187. The number of rotatable bonds is 14. The van der Waals surface area contributed by atoms with E-state index in [0.29, 0.717) is 13.0 Å². The second-order valence-corrected chi connectivity index (χ2v) is 12.6. The van der Waals surface area contributed by atoms with Gasteiger partial charge in [-0.1, -0.05) is 80.6 Å². The molecular weight excluding hydrogens is 541 g/mol. The van der Waals surface area contributed by atoms with Crippen LogP contribution in [0.1, 0.15) is 43.4 Å². The van der Waals surface area contributed by atoms with Gasteiger partial charge in [-0.3, -0.25) is 13.9 Å². The topological polar surface area (TPSA) is 86.8 Å². The lowest BCUT2D eigenvalue weighted by atomic mass is 10.0. The lowest BCUT2D eigenvalue weighted by Crippen LogP contribution is -2.51. The van der Waals surface area contributed by atoms with Gasteiger partial charge in [-0.25, -0.2) is 12.8 Å². The number of carbonyl (C=O) groups excluding carboxylic acids is 2. The molecule has 3 rings (SSSR count). The van der Waals surface area contributed by atoms with Gasteiger partial charge in [0.1, 0.15) is 11.9 Å². The monoisotopic (exact) mass is 581 g/mol. The fraction of sp³-hybridized carbons (Fsp3) is 0.375. The molecule has 0 radical (unpaired) electrons. The Bertz CT molecular complexity index is 1410. The fourth-order valence-electron chi connectivity index (χ4n) is 4.58. The van der Waals surface area contributed by atoms with Crippen LogP contribution in [0.5, 0.6) is 0 Å². The average Bonchev–Trinajstić information content (AvgIpc) is 2.93. The van der Waals surface area contributed by atoms with Gasteiger partial charge < -0.3 is 10.2 Å². The van der Waals surface area contributed by atoms with Crippen LogP contribution in [0.15, 0.2) is 78.9 Å². The van der Waals surface area contributed by atoms with Crippen LogP contribution in [-0.2, 0) is 32.6 Å². The number of nitrogens with zero attached hydrogens (tertiary/aromatic N) is 2. The molecule has 0 aliphatic heterocycles. The third-order valence-corrected chi connectivity index (χ3v) is 8.01. The average molecular weight is 582 g/mol. The normalized spacial score (nSPS) is 12.1. The SMILES string of the molecule is Cc1ccccc1CN(C(=O)CCCN(c1ccccc1F)S(C)(=O)=O)[C@H](Cc1ccccc1)C(=O)NCC(C)C. The van der Waals surface area contributed by atoms with E-state index in [2.05, 4.69) is 5.32 Å². The number of aryl methyl sites for hydroxylation is 1. The van der Waals surface area contributed by atoms with Crippen LogP contribution in [-0.4, -0.2) is 50.5 Å². The first-order valence-electron chi connectivity index (χ1n) is 13.8. The van der Waals surface area contributed by atoms with Gasteiger partial charge in [-0.2, -0.15) is 0 Å². The summed E-state index contributed by atoms with van der Waals surface area (Å²) in [7, 11) is -3.79. The Kier molecular flexibility index (Phi) is 11.5. The highest BCUT2D eigenvalue weighted by Crippen LogP contribution is 2.23. The van der Waals surface area contributed by atoms with E-state index in [1.54, 1.807) is 11.0 Å². The van der Waals surface area contributed by atoms with Gasteiger partial charge in [0.25, 0.3) is 0 Å². The van der Waals surface area contributed by atoms with E-state index in [9.17, 15) is 22.4 Å². The molecule has 0 saturated heterocycles. The summed E-state index contributed by atoms with van der Waals surface area (Å²) < 4.78 is 40.5. The van der Waals surface area contributed by atoms with Gasteiger partial charge in [0.15, 0.2) is 0 Å². The van der Waals surface area contributed by atoms with E-state index in [-0.39, 0.29) is 49.4 Å². The van der Waals surface area contributed by atoms with Crippen molar-refractivity contribution < 1.29 is 22.4 Å². The molecule has 0 bridgehead atoms. The highest BCUT2D eigenvalue weighted by Gasteiger charge is 2.31. The molecule has 1 atom stereocenters. The molecule has 3 aromatic rings. The summed E-state index contributed by atoms with van der Waals surface area (Å²) in [5.74, 6) is -0.947. The van der Waals surface area contributed by atoms with Crippen molar-refractivity contribution >= 4 is 27.5 Å². The quantitative estimate of drug-likeness (QED) is 0.287. The number of halogens is 1. The zero-order chi connectivity index (χ0) is 30.0. The number of benzene rings is 3. The van der Waals surface area contributed by atoms with Gasteiger partial charge >= 0.3 is 0 Å². The Labute approximate surface area is 243 Å². The summed E-state index contributed by atoms with van der Waals surface area (Å²) in [6.45, 7) is 6.59. The van der Waals surface area contributed by atoms with Crippen LogP contribution in [0.2, 0.25) is 0 Å². The molecule has 9 heteroatoms. The molecule has 2 amide bonds. The lowest BCUT2D eigenvalue weighted by Gasteiger charge is -2.32. The molecule has 41 heavy (non-hydrogen) atoms. The lowest BCUT2D eigenvalue weighted by molar-refractivity contribution is -0.141. The highest BCUT2D eigenvalue weighted by molar-refractivity contribution is 7.92. The second-order valence-electron chi connectivity index (χ2n) is 10.7. The first kappa shape index (κ1) is 31.8. The van der Waals surface area contributed by atoms with Gasteiger partial charge in [-0.15, -0.1) is 0 Å². The van der Waals surface area contributed by atoms with E-state index < -0.39 is 21.9 Å². The maximum atomic E-state index is 14.5. The Morgan fingerprint density at radius 1 is 0.927 bits per heavy atom. The van der Waals surface area contributed by atoms with Crippen LogP contribution >= 0.6 is 0 Å². The Morgan fingerprint density at radius 2 is 1.56 bits per heavy atom. The van der Waals surface area contributed by atoms with E-state index >= 15 is 0 Å². The second kappa shape index (κ2) is 14.8. The molecule has 0 aliphatic carbocycles. The Balaban J connectivity index is 1.90. The maximum absolute atomic E-state index is 14.5. The van der Waals surface area contributed by atoms with Crippen molar-refractivity contribution in [1.82, 2.24) is 10.2 Å². The molecule has 0 fully saturated rings. The van der Waals surface area contributed by atoms with Gasteiger partial charge in [0.2, 0.25) is 21.8 Å². The molecule has 0 aromatic heterocycles. The predicted molar refractivity (Wildman–Crippen MR) is 161 cm³/mol. The third kappa shape index (κ3) is 9.42. The van der Waals surface area contributed by atoms with Crippen molar-refractivity contribution in [1.29, 1.82) is 0 Å². The number of nitrogens with one attached hydrogen (secondary N) is 1. The summed E-state index contributed by atoms with van der Waals surface area (Å²) in [5.41, 5.74) is 2.77. The zero-order valence-corrected chi connectivity index (χ0v) is 25.0. The Morgan fingerprint density at radius 3 is 2.20 bits per heavy atom. The van der Waals surface area contributed by atoms with Crippen molar-refractivity contribution in [2.75, 3.05) is 23.7 Å². The molecule has 3 aromatic carbocycles. The minimum atomic E-state index is -3.79. The van der Waals surface area contributed by atoms with Crippen LogP contribution in [0.4, 0.5) is 10.1 Å². The summed E-state index contributed by atoms with van der Waals surface area (Å²) in [5, 5.41) is 3.00. The predicted octanol–water partition coefficient (Wildman–Crippen LogP) is 5.09. The van der Waals surface area contributed by atoms with E-state index in [0.717, 1.165) is 27.3 Å². The van der Waals surface area contributed by atoms with Crippen LogP contribution in [0, 0.1) is 18.7 Å². The van der Waals surface area contributed by atoms with Crippen LogP contribution in [0.3, 0.4) is 0 Å².